The van der Waals surface area contributed by atoms with Gasteiger partial charge in [0.25, 0.3) is 0 Å². The summed E-state index contributed by atoms with van der Waals surface area (Å²) in [5.74, 6) is 6.96. The highest BCUT2D eigenvalue weighted by atomic mass is 19.1. The predicted molar refractivity (Wildman–Crippen MR) is 128 cm³/mol. The maximum atomic E-state index is 13.4. The van der Waals surface area contributed by atoms with E-state index in [1.54, 1.807) is 31.8 Å². The van der Waals surface area contributed by atoms with E-state index in [2.05, 4.69) is 21.9 Å². The fraction of sp³-hybridized carbons (Fsp3) is 0.120. The lowest BCUT2D eigenvalue weighted by Gasteiger charge is -2.13. The molecule has 0 aliphatic rings. The summed E-state index contributed by atoms with van der Waals surface area (Å²) < 4.78 is 22.3. The molecule has 3 N–H and O–H groups in total. The number of imidazole rings is 1. The van der Waals surface area contributed by atoms with E-state index < -0.39 is 0 Å². The van der Waals surface area contributed by atoms with Crippen LogP contribution in [0.5, 0.6) is 5.75 Å². The van der Waals surface area contributed by atoms with Gasteiger partial charge < -0.3 is 20.5 Å². The van der Waals surface area contributed by atoms with Crippen molar-refractivity contribution in [2.24, 2.45) is 4.99 Å². The summed E-state index contributed by atoms with van der Waals surface area (Å²) in [4.78, 5) is 8.88. The fourth-order valence-electron chi connectivity index (χ4n) is 3.55. The monoisotopic (exact) mass is 444 g/mol. The topological polar surface area (TPSA) is 82.4 Å². The number of nitrogens with one attached hydrogen (secondary N) is 1. The number of rotatable bonds is 6. The van der Waals surface area contributed by atoms with Gasteiger partial charge in [0, 0.05) is 29.7 Å². The molecule has 33 heavy (non-hydrogen) atoms. The zero-order valence-corrected chi connectivity index (χ0v) is 18.7. The molecule has 8 heteroatoms. The number of nitrogens with two attached hydrogens (primary N) is 1. The Labute approximate surface area is 191 Å². The SMILES string of the molecule is C=C(/N=c1/c(-c2ccc(F)cc2)cc(C)cn1N)Nc1ccc(-n2cnc(C)c2)c(OC)c1. The van der Waals surface area contributed by atoms with Gasteiger partial charge in [0.2, 0.25) is 0 Å². The smallest absolute Gasteiger partial charge is 0.161 e. The number of benzene rings is 2. The zero-order chi connectivity index (χ0) is 23.5. The molecule has 7 nitrogen and oxygen atoms in total. The molecule has 2 heterocycles. The summed E-state index contributed by atoms with van der Waals surface area (Å²) in [6.07, 6.45) is 5.43. The molecule has 4 aromatic rings. The minimum Gasteiger partial charge on any atom is -0.494 e. The van der Waals surface area contributed by atoms with Crippen molar-refractivity contribution in [3.8, 4) is 22.6 Å². The van der Waals surface area contributed by atoms with Crippen LogP contribution in [0.25, 0.3) is 16.8 Å². The maximum Gasteiger partial charge on any atom is 0.161 e. The van der Waals surface area contributed by atoms with E-state index in [0.29, 0.717) is 17.1 Å². The normalized spacial score (nSPS) is 11.5. The number of pyridine rings is 1. The average molecular weight is 445 g/mol. The number of aryl methyl sites for hydroxylation is 2. The van der Waals surface area contributed by atoms with E-state index in [1.807, 2.05) is 48.9 Å². The van der Waals surface area contributed by atoms with Crippen molar-refractivity contribution >= 4 is 5.69 Å². The molecule has 0 radical (unpaired) electrons. The molecule has 0 aliphatic carbocycles. The van der Waals surface area contributed by atoms with Gasteiger partial charge in [-0.15, -0.1) is 0 Å². The van der Waals surface area contributed by atoms with Crippen LogP contribution in [0.1, 0.15) is 11.3 Å². The number of halogens is 1. The van der Waals surface area contributed by atoms with Crippen LogP contribution in [0.4, 0.5) is 10.1 Å². The summed E-state index contributed by atoms with van der Waals surface area (Å²) >= 11 is 0. The number of methoxy groups -OCH3 is 1. The van der Waals surface area contributed by atoms with Crippen LogP contribution in [0.15, 0.2) is 84.6 Å². The molecule has 0 amide bonds. The van der Waals surface area contributed by atoms with Crippen molar-refractivity contribution in [3.63, 3.8) is 0 Å². The second-order valence-electron chi connectivity index (χ2n) is 7.66. The second kappa shape index (κ2) is 9.04. The molecule has 0 spiro atoms. The zero-order valence-electron chi connectivity index (χ0n) is 18.7. The van der Waals surface area contributed by atoms with Crippen LogP contribution >= 0.6 is 0 Å². The Balaban J connectivity index is 1.67. The van der Waals surface area contributed by atoms with Crippen molar-refractivity contribution < 1.29 is 9.13 Å². The Kier molecular flexibility index (Phi) is 5.99. The Bertz CT molecular complexity index is 1390. The number of hydrogen-bond acceptors (Lipinski definition) is 5. The van der Waals surface area contributed by atoms with Gasteiger partial charge in [-0.2, -0.15) is 0 Å². The molecule has 0 saturated heterocycles. The Hall–Kier alpha value is -4.33. The number of nitrogens with zero attached hydrogens (tertiary/aromatic N) is 4. The second-order valence-corrected chi connectivity index (χ2v) is 7.66. The lowest BCUT2D eigenvalue weighted by atomic mass is 10.1. The maximum absolute atomic E-state index is 13.4. The lowest BCUT2D eigenvalue weighted by molar-refractivity contribution is 0.413. The summed E-state index contributed by atoms with van der Waals surface area (Å²) in [7, 11) is 1.62. The van der Waals surface area contributed by atoms with Gasteiger partial charge in [-0.3, -0.25) is 4.68 Å². The Morgan fingerprint density at radius 2 is 1.88 bits per heavy atom. The van der Waals surface area contributed by atoms with Gasteiger partial charge in [0.05, 0.1) is 24.8 Å². The van der Waals surface area contributed by atoms with Gasteiger partial charge in [-0.05, 0) is 55.3 Å². The van der Waals surface area contributed by atoms with E-state index in [-0.39, 0.29) is 5.82 Å². The van der Waals surface area contributed by atoms with Crippen LogP contribution in [0.2, 0.25) is 0 Å². The number of aromatic nitrogens is 3. The molecule has 0 bridgehead atoms. The summed E-state index contributed by atoms with van der Waals surface area (Å²) in [6, 6.07) is 13.8. The van der Waals surface area contributed by atoms with Crippen molar-refractivity contribution in [1.82, 2.24) is 14.2 Å². The molecular weight excluding hydrogens is 419 g/mol. The van der Waals surface area contributed by atoms with Crippen LogP contribution in [0, 0.1) is 19.7 Å². The molecular formula is C25H25FN6O. The highest BCUT2D eigenvalue weighted by molar-refractivity contribution is 5.63. The van der Waals surface area contributed by atoms with Crippen molar-refractivity contribution in [3.05, 3.63) is 102 Å². The van der Waals surface area contributed by atoms with Gasteiger partial charge in [0.15, 0.2) is 5.49 Å². The lowest BCUT2D eigenvalue weighted by Crippen LogP contribution is -2.30. The highest BCUT2D eigenvalue weighted by Gasteiger charge is 2.09. The van der Waals surface area contributed by atoms with E-state index in [4.69, 9.17) is 10.6 Å². The van der Waals surface area contributed by atoms with Crippen molar-refractivity contribution in [2.75, 3.05) is 18.3 Å². The Morgan fingerprint density at radius 1 is 1.12 bits per heavy atom. The molecule has 0 fully saturated rings. The average Bonchev–Trinajstić information content (AvgIpc) is 3.22. The third-order valence-corrected chi connectivity index (χ3v) is 5.05. The molecule has 0 atom stereocenters. The first-order valence-electron chi connectivity index (χ1n) is 10.3. The molecule has 4 rings (SSSR count). The number of ether oxygens (including phenoxy) is 1. The fourth-order valence-corrected chi connectivity index (χ4v) is 3.55. The van der Waals surface area contributed by atoms with Gasteiger partial charge in [0.1, 0.15) is 17.4 Å². The molecule has 2 aromatic carbocycles. The van der Waals surface area contributed by atoms with Gasteiger partial charge in [-0.1, -0.05) is 18.7 Å². The standard InChI is InChI=1S/C25H25FN6O/c1-16-11-22(19-5-7-20(26)8-6-19)25(32(27)13-16)30-18(3)29-21-9-10-23(24(12-21)33-4)31-14-17(2)28-15-31/h5-15,29H,3,27H2,1-2,4H3/b30-25-. The third kappa shape index (κ3) is 4.79. The summed E-state index contributed by atoms with van der Waals surface area (Å²) in [6.45, 7) is 7.90. The van der Waals surface area contributed by atoms with E-state index in [0.717, 1.165) is 33.8 Å². The molecule has 168 valence electrons. The minimum atomic E-state index is -0.306. The number of nitrogen functional groups attached to an aromatic ring is 1. The van der Waals surface area contributed by atoms with Gasteiger partial charge in [-0.25, -0.2) is 14.4 Å². The predicted octanol–water partition coefficient (Wildman–Crippen LogP) is 4.30. The number of anilines is 1. The number of hydrogen-bond donors (Lipinski definition) is 2. The molecule has 0 saturated carbocycles. The first kappa shape index (κ1) is 21.9. The summed E-state index contributed by atoms with van der Waals surface area (Å²) in [5, 5.41) is 3.18. The summed E-state index contributed by atoms with van der Waals surface area (Å²) in [5.41, 5.74) is 5.53. The molecule has 0 aliphatic heterocycles. The van der Waals surface area contributed by atoms with Crippen molar-refractivity contribution in [2.45, 2.75) is 13.8 Å². The van der Waals surface area contributed by atoms with Gasteiger partial charge >= 0.3 is 0 Å². The molecule has 0 unspecified atom stereocenters. The van der Waals surface area contributed by atoms with E-state index >= 15 is 0 Å². The van der Waals surface area contributed by atoms with Crippen molar-refractivity contribution in [1.29, 1.82) is 0 Å². The van der Waals surface area contributed by atoms with Crippen LogP contribution in [-0.2, 0) is 0 Å². The largest absolute Gasteiger partial charge is 0.494 e. The van der Waals surface area contributed by atoms with Crippen LogP contribution in [-0.4, -0.2) is 21.3 Å². The first-order valence-corrected chi connectivity index (χ1v) is 10.3. The van der Waals surface area contributed by atoms with E-state index in [9.17, 15) is 4.39 Å². The highest BCUT2D eigenvalue weighted by Crippen LogP contribution is 2.27. The molecule has 2 aromatic heterocycles. The third-order valence-electron chi connectivity index (χ3n) is 5.05. The Morgan fingerprint density at radius 3 is 2.55 bits per heavy atom. The first-order chi connectivity index (χ1) is 15.8. The van der Waals surface area contributed by atoms with E-state index in [1.165, 1.54) is 16.8 Å². The van der Waals surface area contributed by atoms with Crippen LogP contribution in [0.3, 0.4) is 0 Å². The quantitative estimate of drug-likeness (QED) is 0.435. The minimum absolute atomic E-state index is 0.306. The van der Waals surface area contributed by atoms with Crippen LogP contribution < -0.4 is 21.4 Å².